The summed E-state index contributed by atoms with van der Waals surface area (Å²) in [4.78, 5) is 20.9. The fraction of sp³-hybridized carbons (Fsp3) is 0.280. The number of nitrogens with zero attached hydrogens (tertiary/aromatic N) is 3. The molecule has 0 aliphatic carbocycles. The van der Waals surface area contributed by atoms with E-state index in [1.54, 1.807) is 32.5 Å². The summed E-state index contributed by atoms with van der Waals surface area (Å²) in [6, 6.07) is 17.4. The van der Waals surface area contributed by atoms with E-state index >= 15 is 0 Å². The highest BCUT2D eigenvalue weighted by atomic mass is 16.5. The van der Waals surface area contributed by atoms with Crippen molar-refractivity contribution in [1.82, 2.24) is 15.2 Å². The lowest BCUT2D eigenvalue weighted by Crippen LogP contribution is -2.44. The van der Waals surface area contributed by atoms with Crippen molar-refractivity contribution in [3.63, 3.8) is 0 Å². The van der Waals surface area contributed by atoms with Crippen LogP contribution < -0.4 is 25.6 Å². The second-order valence-corrected chi connectivity index (χ2v) is 8.01. The molecule has 3 aromatic rings. The molecule has 1 aliphatic rings. The molecule has 1 aliphatic heterocycles. The highest BCUT2D eigenvalue weighted by Gasteiger charge is 2.16. The second kappa shape index (κ2) is 10.2. The van der Waals surface area contributed by atoms with Gasteiger partial charge in [-0.3, -0.25) is 4.79 Å². The fourth-order valence-electron chi connectivity index (χ4n) is 3.78. The number of hydrogen-bond acceptors (Lipinski definition) is 7. The molecular formula is C25H30N6O2. The Hall–Kier alpha value is -3.78. The number of pyridine rings is 1. The fourth-order valence-corrected chi connectivity index (χ4v) is 3.78. The monoisotopic (exact) mass is 446 g/mol. The molecule has 0 unspecified atom stereocenters. The van der Waals surface area contributed by atoms with Gasteiger partial charge in [-0.2, -0.15) is 0 Å². The lowest BCUT2D eigenvalue weighted by atomic mass is 10.2. The second-order valence-electron chi connectivity index (χ2n) is 8.01. The number of rotatable bonds is 7. The Labute approximate surface area is 194 Å². The Balaban J connectivity index is 1.46. The lowest BCUT2D eigenvalue weighted by molar-refractivity contribution is 0.0963. The maximum Gasteiger partial charge on any atom is 0.251 e. The topological polar surface area (TPSA) is 81.8 Å². The number of hydrogen-bond donors (Lipinski definition) is 3. The van der Waals surface area contributed by atoms with Crippen LogP contribution in [0.2, 0.25) is 0 Å². The number of nitrogens with one attached hydrogen (secondary N) is 3. The molecular weight excluding hydrogens is 416 g/mol. The molecule has 1 fully saturated rings. The van der Waals surface area contributed by atoms with Gasteiger partial charge >= 0.3 is 0 Å². The quantitative estimate of drug-likeness (QED) is 0.511. The van der Waals surface area contributed by atoms with E-state index in [2.05, 4.69) is 49.9 Å². The lowest BCUT2D eigenvalue weighted by Gasteiger charge is -2.34. The number of carbonyl (C=O) groups excluding carboxylic acids is 1. The molecule has 1 aromatic heterocycles. The smallest absolute Gasteiger partial charge is 0.251 e. The van der Waals surface area contributed by atoms with Crippen LogP contribution in [0, 0.1) is 0 Å². The number of piperazine rings is 1. The summed E-state index contributed by atoms with van der Waals surface area (Å²) in [5.41, 5.74) is 4.40. The third kappa shape index (κ3) is 5.53. The highest BCUT2D eigenvalue weighted by molar-refractivity contribution is 5.94. The molecule has 2 heterocycles. The van der Waals surface area contributed by atoms with E-state index in [0.717, 1.165) is 54.7 Å². The first-order valence-electron chi connectivity index (χ1n) is 11.0. The van der Waals surface area contributed by atoms with Crippen molar-refractivity contribution in [2.45, 2.75) is 0 Å². The van der Waals surface area contributed by atoms with Crippen LogP contribution in [0.15, 0.2) is 60.8 Å². The summed E-state index contributed by atoms with van der Waals surface area (Å²) < 4.78 is 5.66. The van der Waals surface area contributed by atoms with Gasteiger partial charge < -0.3 is 30.5 Å². The molecule has 0 saturated carbocycles. The molecule has 33 heavy (non-hydrogen) atoms. The van der Waals surface area contributed by atoms with Crippen LogP contribution in [0.4, 0.5) is 28.6 Å². The summed E-state index contributed by atoms with van der Waals surface area (Å²) in [5.74, 6) is 1.37. The predicted molar refractivity (Wildman–Crippen MR) is 133 cm³/mol. The molecule has 0 radical (unpaired) electrons. The maximum atomic E-state index is 11.7. The van der Waals surface area contributed by atoms with Gasteiger partial charge in [0.05, 0.1) is 12.8 Å². The van der Waals surface area contributed by atoms with Crippen molar-refractivity contribution in [2.75, 3.05) is 62.9 Å². The highest BCUT2D eigenvalue weighted by Crippen LogP contribution is 2.32. The molecule has 2 aromatic carbocycles. The van der Waals surface area contributed by atoms with E-state index in [1.165, 1.54) is 0 Å². The minimum absolute atomic E-state index is 0.107. The predicted octanol–water partition coefficient (Wildman–Crippen LogP) is 3.69. The molecule has 1 saturated heterocycles. The van der Waals surface area contributed by atoms with Crippen LogP contribution in [-0.2, 0) is 0 Å². The zero-order valence-corrected chi connectivity index (χ0v) is 19.3. The van der Waals surface area contributed by atoms with Gasteiger partial charge in [-0.05, 0) is 49.5 Å². The van der Waals surface area contributed by atoms with Crippen LogP contribution in [-0.4, -0.2) is 63.2 Å². The summed E-state index contributed by atoms with van der Waals surface area (Å²) in [5, 5.41) is 9.33. The largest absolute Gasteiger partial charge is 0.494 e. The SMILES string of the molecule is CNC(=O)c1ccc(Nc2ccnc(Nc3ccc(N4CCN(C)CC4)cc3OC)c2)cc1. The molecule has 0 atom stereocenters. The number of amides is 1. The van der Waals surface area contributed by atoms with Crippen molar-refractivity contribution in [2.24, 2.45) is 0 Å². The normalized spacial score (nSPS) is 14.0. The van der Waals surface area contributed by atoms with Gasteiger partial charge in [-0.1, -0.05) is 0 Å². The summed E-state index contributed by atoms with van der Waals surface area (Å²) in [6.07, 6.45) is 1.74. The van der Waals surface area contributed by atoms with E-state index in [1.807, 2.05) is 30.3 Å². The van der Waals surface area contributed by atoms with Gasteiger partial charge in [0, 0.05) is 74.2 Å². The number of ether oxygens (including phenoxy) is 1. The van der Waals surface area contributed by atoms with Gasteiger partial charge in [-0.15, -0.1) is 0 Å². The van der Waals surface area contributed by atoms with Crippen molar-refractivity contribution in [3.05, 3.63) is 66.4 Å². The van der Waals surface area contributed by atoms with Gasteiger partial charge in [0.15, 0.2) is 0 Å². The molecule has 4 rings (SSSR count). The third-order valence-corrected chi connectivity index (χ3v) is 5.74. The van der Waals surface area contributed by atoms with E-state index in [-0.39, 0.29) is 5.91 Å². The Morgan fingerprint density at radius 3 is 2.39 bits per heavy atom. The van der Waals surface area contributed by atoms with Crippen molar-refractivity contribution >= 4 is 34.5 Å². The number of methoxy groups -OCH3 is 1. The van der Waals surface area contributed by atoms with Crippen molar-refractivity contribution in [3.8, 4) is 5.75 Å². The Kier molecular flexibility index (Phi) is 6.95. The molecule has 3 N–H and O–H groups in total. The number of carbonyl (C=O) groups is 1. The molecule has 8 heteroatoms. The van der Waals surface area contributed by atoms with Crippen LogP contribution in [0.25, 0.3) is 0 Å². The number of anilines is 5. The Morgan fingerprint density at radius 2 is 1.70 bits per heavy atom. The average Bonchev–Trinajstić information content (AvgIpc) is 2.85. The minimum Gasteiger partial charge on any atom is -0.494 e. The van der Waals surface area contributed by atoms with E-state index < -0.39 is 0 Å². The Morgan fingerprint density at radius 1 is 0.939 bits per heavy atom. The van der Waals surface area contributed by atoms with Gasteiger partial charge in [-0.25, -0.2) is 4.98 Å². The van der Waals surface area contributed by atoms with Gasteiger partial charge in [0.2, 0.25) is 0 Å². The Bertz CT molecular complexity index is 1090. The van der Waals surface area contributed by atoms with Gasteiger partial charge in [0.1, 0.15) is 11.6 Å². The van der Waals surface area contributed by atoms with Gasteiger partial charge in [0.25, 0.3) is 5.91 Å². The molecule has 172 valence electrons. The average molecular weight is 447 g/mol. The number of aromatic nitrogens is 1. The standard InChI is InChI=1S/C25H30N6O2/c1-26-25(32)18-4-6-19(7-5-18)28-20-10-11-27-24(16-20)29-22-9-8-21(17-23(22)33-3)31-14-12-30(2)13-15-31/h4-11,16-17H,12-15H2,1-3H3,(H,26,32)(H2,27,28,29). The maximum absolute atomic E-state index is 11.7. The molecule has 1 amide bonds. The summed E-state index contributed by atoms with van der Waals surface area (Å²) >= 11 is 0. The van der Waals surface area contributed by atoms with Crippen LogP contribution in [0.5, 0.6) is 5.75 Å². The first kappa shape index (κ1) is 22.4. The first-order chi connectivity index (χ1) is 16.1. The van der Waals surface area contributed by atoms with Crippen LogP contribution in [0.3, 0.4) is 0 Å². The number of benzene rings is 2. The van der Waals surface area contributed by atoms with Crippen LogP contribution >= 0.6 is 0 Å². The zero-order chi connectivity index (χ0) is 23.2. The number of likely N-dealkylation sites (N-methyl/N-ethyl adjacent to an activating group) is 1. The minimum atomic E-state index is -0.107. The zero-order valence-electron chi connectivity index (χ0n) is 19.3. The van der Waals surface area contributed by atoms with E-state index in [9.17, 15) is 4.79 Å². The van der Waals surface area contributed by atoms with E-state index in [0.29, 0.717) is 11.4 Å². The molecule has 8 nitrogen and oxygen atoms in total. The van der Waals surface area contributed by atoms with Crippen molar-refractivity contribution < 1.29 is 9.53 Å². The summed E-state index contributed by atoms with van der Waals surface area (Å²) in [7, 11) is 5.46. The first-order valence-corrected chi connectivity index (χ1v) is 11.0. The van der Waals surface area contributed by atoms with E-state index in [4.69, 9.17) is 4.74 Å². The molecule has 0 bridgehead atoms. The van der Waals surface area contributed by atoms with Crippen molar-refractivity contribution in [1.29, 1.82) is 0 Å². The summed E-state index contributed by atoms with van der Waals surface area (Å²) in [6.45, 7) is 4.12. The van der Waals surface area contributed by atoms with Crippen LogP contribution in [0.1, 0.15) is 10.4 Å². The molecule has 0 spiro atoms. The third-order valence-electron chi connectivity index (χ3n) is 5.74.